The Balaban J connectivity index is 1.99. The lowest BCUT2D eigenvalue weighted by Crippen LogP contribution is -2.40. The molecule has 6 heteroatoms. The van der Waals surface area contributed by atoms with Crippen molar-refractivity contribution in [2.75, 3.05) is 6.54 Å². The number of furan rings is 1. The number of aromatic nitrogens is 1. The Bertz CT molecular complexity index is 683. The summed E-state index contributed by atoms with van der Waals surface area (Å²) < 4.78 is 32.7. The van der Waals surface area contributed by atoms with E-state index in [1.807, 2.05) is 6.07 Å². The van der Waals surface area contributed by atoms with Crippen LogP contribution in [0.5, 0.6) is 0 Å². The molecule has 0 unspecified atom stereocenters. The summed E-state index contributed by atoms with van der Waals surface area (Å²) in [7, 11) is -3.55. The minimum Gasteiger partial charge on any atom is -0.468 e. The highest BCUT2D eigenvalue weighted by atomic mass is 32.2. The van der Waals surface area contributed by atoms with E-state index >= 15 is 0 Å². The van der Waals surface area contributed by atoms with Gasteiger partial charge < -0.3 is 4.42 Å². The van der Waals surface area contributed by atoms with Crippen LogP contribution in [0.2, 0.25) is 0 Å². The molecule has 0 saturated carbocycles. The minimum absolute atomic E-state index is 0.233. The van der Waals surface area contributed by atoms with Gasteiger partial charge in [-0.15, -0.1) is 0 Å². The second-order valence-electron chi connectivity index (χ2n) is 5.47. The zero-order valence-corrected chi connectivity index (χ0v) is 12.7. The molecule has 0 bridgehead atoms. The molecule has 21 heavy (non-hydrogen) atoms. The van der Waals surface area contributed by atoms with E-state index in [9.17, 15) is 8.42 Å². The number of hydrogen-bond donors (Lipinski definition) is 0. The van der Waals surface area contributed by atoms with Gasteiger partial charge in [0.15, 0.2) is 0 Å². The third kappa shape index (κ3) is 2.73. The van der Waals surface area contributed by atoms with Crippen molar-refractivity contribution in [2.24, 2.45) is 5.92 Å². The molecular formula is C15H18N2O3S. The van der Waals surface area contributed by atoms with E-state index in [0.717, 1.165) is 12.8 Å². The zero-order valence-electron chi connectivity index (χ0n) is 11.8. The molecule has 2 aromatic rings. The van der Waals surface area contributed by atoms with Crippen molar-refractivity contribution in [3.05, 3.63) is 48.7 Å². The second-order valence-corrected chi connectivity index (χ2v) is 7.36. The predicted octanol–water partition coefficient (Wildman–Crippen LogP) is 2.84. The molecule has 0 radical (unpaired) electrons. The molecular weight excluding hydrogens is 288 g/mol. The van der Waals surface area contributed by atoms with Crippen LogP contribution in [-0.4, -0.2) is 24.3 Å². The molecule has 5 nitrogen and oxygen atoms in total. The maximum absolute atomic E-state index is 12.8. The van der Waals surface area contributed by atoms with Crippen LogP contribution in [0, 0.1) is 5.92 Å². The largest absolute Gasteiger partial charge is 0.468 e. The van der Waals surface area contributed by atoms with E-state index in [4.69, 9.17) is 4.42 Å². The molecule has 3 heterocycles. The van der Waals surface area contributed by atoms with Gasteiger partial charge in [-0.25, -0.2) is 8.42 Å². The summed E-state index contributed by atoms with van der Waals surface area (Å²) in [6, 6.07) is 6.62. The van der Waals surface area contributed by atoms with E-state index in [2.05, 4.69) is 11.9 Å². The summed E-state index contributed by atoms with van der Waals surface area (Å²) in [5.74, 6) is 1.18. The number of hydrogen-bond acceptors (Lipinski definition) is 4. The lowest BCUT2D eigenvalue weighted by atomic mass is 9.93. The third-order valence-corrected chi connectivity index (χ3v) is 5.82. The topological polar surface area (TPSA) is 63.4 Å². The van der Waals surface area contributed by atoms with Crippen LogP contribution < -0.4 is 0 Å². The van der Waals surface area contributed by atoms with E-state index < -0.39 is 10.0 Å². The van der Waals surface area contributed by atoms with Gasteiger partial charge in [0.1, 0.15) is 10.7 Å². The fraction of sp³-hybridized carbons (Fsp3) is 0.400. The molecule has 2 atom stereocenters. The molecule has 1 aliphatic heterocycles. The number of pyridine rings is 1. The summed E-state index contributed by atoms with van der Waals surface area (Å²) in [5, 5.41) is 0. The van der Waals surface area contributed by atoms with Gasteiger partial charge in [0.25, 0.3) is 0 Å². The van der Waals surface area contributed by atoms with Crippen molar-refractivity contribution in [1.29, 1.82) is 0 Å². The quantitative estimate of drug-likeness (QED) is 0.874. The fourth-order valence-electron chi connectivity index (χ4n) is 2.78. The zero-order chi connectivity index (χ0) is 14.9. The van der Waals surface area contributed by atoms with Gasteiger partial charge in [-0.3, -0.25) is 4.98 Å². The highest BCUT2D eigenvalue weighted by Gasteiger charge is 2.37. The Hall–Kier alpha value is -1.66. The number of rotatable bonds is 3. The first-order valence-corrected chi connectivity index (χ1v) is 8.48. The summed E-state index contributed by atoms with van der Waals surface area (Å²) in [6.45, 7) is 2.65. The van der Waals surface area contributed by atoms with Crippen molar-refractivity contribution in [2.45, 2.75) is 30.7 Å². The Kier molecular flexibility index (Phi) is 3.82. The first kappa shape index (κ1) is 14.3. The van der Waals surface area contributed by atoms with Gasteiger partial charge in [0.2, 0.25) is 10.0 Å². The standard InChI is InChI=1S/C15H18N2O3S/c1-12-6-8-17(14(10-12)15-5-3-9-20-15)21(18,19)13-4-2-7-16-11-13/h2-5,7,9,11-12,14H,6,8,10H2,1H3/t12-,14+/m0/s1. The third-order valence-electron chi connectivity index (χ3n) is 3.93. The van der Waals surface area contributed by atoms with Crippen molar-refractivity contribution in [3.63, 3.8) is 0 Å². The van der Waals surface area contributed by atoms with Crippen LogP contribution in [0.3, 0.4) is 0 Å². The molecule has 1 fully saturated rings. The molecule has 1 saturated heterocycles. The van der Waals surface area contributed by atoms with Gasteiger partial charge in [0.05, 0.1) is 12.3 Å². The molecule has 2 aromatic heterocycles. The van der Waals surface area contributed by atoms with Crippen LogP contribution in [-0.2, 0) is 10.0 Å². The van der Waals surface area contributed by atoms with Gasteiger partial charge in [-0.1, -0.05) is 6.92 Å². The monoisotopic (exact) mass is 306 g/mol. The first-order chi connectivity index (χ1) is 10.1. The van der Waals surface area contributed by atoms with Crippen molar-refractivity contribution < 1.29 is 12.8 Å². The average molecular weight is 306 g/mol. The Morgan fingerprint density at radius 3 is 2.86 bits per heavy atom. The van der Waals surface area contributed by atoms with Crippen LogP contribution in [0.4, 0.5) is 0 Å². The van der Waals surface area contributed by atoms with Gasteiger partial charge >= 0.3 is 0 Å². The SMILES string of the molecule is C[C@H]1CCN(S(=O)(=O)c2cccnc2)[C@@H](c2ccco2)C1. The van der Waals surface area contributed by atoms with E-state index in [-0.39, 0.29) is 10.9 Å². The lowest BCUT2D eigenvalue weighted by molar-refractivity contribution is 0.185. The summed E-state index contributed by atoms with van der Waals surface area (Å²) in [4.78, 5) is 4.15. The molecule has 112 valence electrons. The number of nitrogens with zero attached hydrogens (tertiary/aromatic N) is 2. The molecule has 0 N–H and O–H groups in total. The van der Waals surface area contributed by atoms with E-state index in [1.54, 1.807) is 35.0 Å². The van der Waals surface area contributed by atoms with Crippen LogP contribution in [0.25, 0.3) is 0 Å². The highest BCUT2D eigenvalue weighted by Crippen LogP contribution is 2.37. The molecule has 0 aromatic carbocycles. The maximum Gasteiger partial charge on any atom is 0.245 e. The fourth-order valence-corrected chi connectivity index (χ4v) is 4.37. The molecule has 0 amide bonds. The van der Waals surface area contributed by atoms with Crippen LogP contribution >= 0.6 is 0 Å². The minimum atomic E-state index is -3.55. The van der Waals surface area contributed by atoms with Gasteiger partial charge in [0, 0.05) is 18.9 Å². The van der Waals surface area contributed by atoms with Crippen molar-refractivity contribution >= 4 is 10.0 Å². The Morgan fingerprint density at radius 1 is 1.33 bits per heavy atom. The molecule has 0 aliphatic carbocycles. The van der Waals surface area contributed by atoms with Crippen molar-refractivity contribution in [1.82, 2.24) is 9.29 Å². The van der Waals surface area contributed by atoms with Gasteiger partial charge in [-0.05, 0) is 43.0 Å². The highest BCUT2D eigenvalue weighted by molar-refractivity contribution is 7.89. The normalized spacial score (nSPS) is 24.0. The lowest BCUT2D eigenvalue weighted by Gasteiger charge is -2.36. The van der Waals surface area contributed by atoms with Crippen molar-refractivity contribution in [3.8, 4) is 0 Å². The summed E-state index contributed by atoms with van der Waals surface area (Å²) >= 11 is 0. The number of sulfonamides is 1. The number of piperidine rings is 1. The molecule has 3 rings (SSSR count). The average Bonchev–Trinajstić information content (AvgIpc) is 3.02. The van der Waals surface area contributed by atoms with Crippen LogP contribution in [0.1, 0.15) is 31.6 Å². The van der Waals surface area contributed by atoms with E-state index in [0.29, 0.717) is 18.2 Å². The van der Waals surface area contributed by atoms with Crippen LogP contribution in [0.15, 0.2) is 52.2 Å². The summed E-state index contributed by atoms with van der Waals surface area (Å²) in [5.41, 5.74) is 0. The van der Waals surface area contributed by atoms with Gasteiger partial charge in [-0.2, -0.15) is 4.31 Å². The molecule has 0 spiro atoms. The summed E-state index contributed by atoms with van der Waals surface area (Å²) in [6.07, 6.45) is 6.18. The molecule has 1 aliphatic rings. The first-order valence-electron chi connectivity index (χ1n) is 7.04. The second kappa shape index (κ2) is 5.61. The smallest absolute Gasteiger partial charge is 0.245 e. The Labute approximate surface area is 124 Å². The predicted molar refractivity (Wildman–Crippen MR) is 78.0 cm³/mol. The maximum atomic E-state index is 12.8. The van der Waals surface area contributed by atoms with E-state index in [1.165, 1.54) is 6.20 Å². The Morgan fingerprint density at radius 2 is 2.19 bits per heavy atom.